The van der Waals surface area contributed by atoms with Crippen molar-refractivity contribution in [2.24, 2.45) is 0 Å². The Morgan fingerprint density at radius 1 is 1.26 bits per heavy atom. The number of anilines is 3. The third-order valence-corrected chi connectivity index (χ3v) is 3.03. The van der Waals surface area contributed by atoms with Gasteiger partial charge in [-0.15, -0.1) is 0 Å². The molecule has 0 atom stereocenters. The zero-order chi connectivity index (χ0) is 16.5. The quantitative estimate of drug-likeness (QED) is 0.571. The number of benzene rings is 1. The van der Waals surface area contributed by atoms with Crippen molar-refractivity contribution in [3.63, 3.8) is 0 Å². The molecule has 2 rings (SSSR count). The van der Waals surface area contributed by atoms with E-state index in [1.165, 1.54) is 7.11 Å². The molecule has 0 fully saturated rings. The van der Waals surface area contributed by atoms with Crippen LogP contribution in [0.3, 0.4) is 0 Å². The Hall–Kier alpha value is -2.67. The number of hydrogen-bond donors (Lipinski definition) is 2. The maximum atomic E-state index is 11.5. The standard InChI is InChI=1S/C16H20N4O3/c1-22-10-4-8-17-14-7-9-18-16(20-14)19-13-6-3-5-12(11-13)15(21)23-2/h3,5-7,9,11H,4,8,10H2,1-2H3,(H2,17,18,19,20). The first kappa shape index (κ1) is 16.7. The van der Waals surface area contributed by atoms with Crippen molar-refractivity contribution in [3.8, 4) is 0 Å². The molecular formula is C16H20N4O3. The number of nitrogens with one attached hydrogen (secondary N) is 2. The topological polar surface area (TPSA) is 85.4 Å². The second kappa shape index (κ2) is 8.70. The van der Waals surface area contributed by atoms with Gasteiger partial charge in [-0.2, -0.15) is 4.98 Å². The van der Waals surface area contributed by atoms with Gasteiger partial charge in [0.25, 0.3) is 0 Å². The summed E-state index contributed by atoms with van der Waals surface area (Å²) in [4.78, 5) is 20.1. The molecule has 23 heavy (non-hydrogen) atoms. The summed E-state index contributed by atoms with van der Waals surface area (Å²) in [6.45, 7) is 1.46. The fourth-order valence-electron chi connectivity index (χ4n) is 1.92. The van der Waals surface area contributed by atoms with Crippen LogP contribution in [0.1, 0.15) is 16.8 Å². The molecule has 1 aromatic carbocycles. The molecule has 0 unspecified atom stereocenters. The van der Waals surface area contributed by atoms with Crippen molar-refractivity contribution in [2.75, 3.05) is 38.0 Å². The lowest BCUT2D eigenvalue weighted by Crippen LogP contribution is -2.07. The van der Waals surface area contributed by atoms with Crippen LogP contribution >= 0.6 is 0 Å². The molecule has 1 aromatic heterocycles. The van der Waals surface area contributed by atoms with Gasteiger partial charge in [0.1, 0.15) is 5.82 Å². The summed E-state index contributed by atoms with van der Waals surface area (Å²) in [5.74, 6) is 0.787. The van der Waals surface area contributed by atoms with Gasteiger partial charge in [-0.3, -0.25) is 0 Å². The minimum Gasteiger partial charge on any atom is -0.465 e. The van der Waals surface area contributed by atoms with Gasteiger partial charge in [-0.05, 0) is 30.7 Å². The van der Waals surface area contributed by atoms with Crippen LogP contribution in [0.15, 0.2) is 36.5 Å². The Labute approximate surface area is 135 Å². The van der Waals surface area contributed by atoms with Crippen LogP contribution in [0.2, 0.25) is 0 Å². The van der Waals surface area contributed by atoms with Crippen molar-refractivity contribution < 1.29 is 14.3 Å². The van der Waals surface area contributed by atoms with Gasteiger partial charge in [-0.25, -0.2) is 9.78 Å². The number of carbonyl (C=O) groups is 1. The van der Waals surface area contributed by atoms with Crippen LogP contribution in [0.5, 0.6) is 0 Å². The van der Waals surface area contributed by atoms with Gasteiger partial charge in [0.2, 0.25) is 5.95 Å². The predicted octanol–water partition coefficient (Wildman–Crippen LogP) is 2.46. The van der Waals surface area contributed by atoms with Gasteiger partial charge in [-0.1, -0.05) is 6.07 Å². The SMILES string of the molecule is COCCCNc1ccnc(Nc2cccc(C(=O)OC)c2)n1. The first-order valence-corrected chi connectivity index (χ1v) is 7.24. The highest BCUT2D eigenvalue weighted by Crippen LogP contribution is 2.16. The largest absolute Gasteiger partial charge is 0.465 e. The van der Waals surface area contributed by atoms with Crippen molar-refractivity contribution in [1.29, 1.82) is 0 Å². The van der Waals surface area contributed by atoms with E-state index < -0.39 is 0 Å². The molecular weight excluding hydrogens is 296 g/mol. The number of esters is 1. The molecule has 7 nitrogen and oxygen atoms in total. The van der Waals surface area contributed by atoms with E-state index in [0.717, 1.165) is 18.8 Å². The molecule has 2 N–H and O–H groups in total. The number of aromatic nitrogens is 2. The normalized spacial score (nSPS) is 10.2. The first-order valence-electron chi connectivity index (χ1n) is 7.24. The van der Waals surface area contributed by atoms with Crippen LogP contribution < -0.4 is 10.6 Å². The maximum absolute atomic E-state index is 11.5. The molecule has 1 heterocycles. The van der Waals surface area contributed by atoms with Crippen LogP contribution in [0.25, 0.3) is 0 Å². The van der Waals surface area contributed by atoms with Crippen molar-refractivity contribution in [2.45, 2.75) is 6.42 Å². The third kappa shape index (κ3) is 5.23. The highest BCUT2D eigenvalue weighted by molar-refractivity contribution is 5.90. The fourth-order valence-corrected chi connectivity index (χ4v) is 1.92. The monoisotopic (exact) mass is 316 g/mol. The molecule has 0 bridgehead atoms. The molecule has 0 saturated heterocycles. The Morgan fingerprint density at radius 3 is 2.91 bits per heavy atom. The van der Waals surface area contributed by atoms with Gasteiger partial charge in [0, 0.05) is 32.1 Å². The summed E-state index contributed by atoms with van der Waals surface area (Å²) < 4.78 is 9.71. The lowest BCUT2D eigenvalue weighted by atomic mass is 10.2. The summed E-state index contributed by atoms with van der Waals surface area (Å²) in [6.07, 6.45) is 2.56. The van der Waals surface area contributed by atoms with Crippen molar-refractivity contribution >= 4 is 23.4 Å². The molecule has 0 aliphatic rings. The number of carbonyl (C=O) groups excluding carboxylic acids is 1. The van der Waals surface area contributed by atoms with E-state index in [4.69, 9.17) is 9.47 Å². The van der Waals surface area contributed by atoms with Crippen molar-refractivity contribution in [3.05, 3.63) is 42.1 Å². The number of methoxy groups -OCH3 is 2. The number of ether oxygens (including phenoxy) is 2. The number of rotatable bonds is 8. The van der Waals surface area contributed by atoms with Crippen LogP contribution in [-0.2, 0) is 9.47 Å². The third-order valence-electron chi connectivity index (χ3n) is 3.03. The predicted molar refractivity (Wildman–Crippen MR) is 88.1 cm³/mol. The Morgan fingerprint density at radius 2 is 2.13 bits per heavy atom. The highest BCUT2D eigenvalue weighted by atomic mass is 16.5. The summed E-state index contributed by atoms with van der Waals surface area (Å²) in [5, 5.41) is 6.27. The van der Waals surface area contributed by atoms with E-state index >= 15 is 0 Å². The molecule has 0 amide bonds. The van der Waals surface area contributed by atoms with Gasteiger partial charge >= 0.3 is 5.97 Å². The van der Waals surface area contributed by atoms with Crippen molar-refractivity contribution in [1.82, 2.24) is 9.97 Å². The average molecular weight is 316 g/mol. The molecule has 122 valence electrons. The second-order valence-corrected chi connectivity index (χ2v) is 4.74. The highest BCUT2D eigenvalue weighted by Gasteiger charge is 2.06. The van der Waals surface area contributed by atoms with E-state index in [1.807, 2.05) is 6.07 Å². The summed E-state index contributed by atoms with van der Waals surface area (Å²) in [5.41, 5.74) is 1.18. The second-order valence-electron chi connectivity index (χ2n) is 4.74. The summed E-state index contributed by atoms with van der Waals surface area (Å²) >= 11 is 0. The van der Waals surface area contributed by atoms with Gasteiger partial charge in [0.05, 0.1) is 12.7 Å². The Kier molecular flexibility index (Phi) is 6.31. The molecule has 2 aromatic rings. The number of nitrogens with zero attached hydrogens (tertiary/aromatic N) is 2. The average Bonchev–Trinajstić information content (AvgIpc) is 2.58. The van der Waals surface area contributed by atoms with E-state index in [2.05, 4.69) is 20.6 Å². The van der Waals surface area contributed by atoms with E-state index in [-0.39, 0.29) is 5.97 Å². The zero-order valence-electron chi connectivity index (χ0n) is 13.2. The number of hydrogen-bond acceptors (Lipinski definition) is 7. The Balaban J connectivity index is 2.01. The van der Waals surface area contributed by atoms with Crippen LogP contribution in [-0.4, -0.2) is 43.3 Å². The fraction of sp³-hybridized carbons (Fsp3) is 0.312. The van der Waals surface area contributed by atoms with Crippen LogP contribution in [0, 0.1) is 0 Å². The summed E-state index contributed by atoms with van der Waals surface area (Å²) in [7, 11) is 3.03. The van der Waals surface area contributed by atoms with E-state index in [0.29, 0.717) is 23.8 Å². The minimum absolute atomic E-state index is 0.386. The molecule has 0 saturated carbocycles. The van der Waals surface area contributed by atoms with Gasteiger partial charge in [0.15, 0.2) is 0 Å². The molecule has 0 aliphatic heterocycles. The molecule has 0 radical (unpaired) electrons. The smallest absolute Gasteiger partial charge is 0.337 e. The Bertz CT molecular complexity index is 649. The van der Waals surface area contributed by atoms with E-state index in [1.54, 1.807) is 37.6 Å². The summed E-state index contributed by atoms with van der Waals surface area (Å²) in [6, 6.07) is 8.76. The molecule has 7 heteroatoms. The lowest BCUT2D eigenvalue weighted by Gasteiger charge is -2.09. The maximum Gasteiger partial charge on any atom is 0.337 e. The zero-order valence-corrected chi connectivity index (χ0v) is 13.2. The lowest BCUT2D eigenvalue weighted by molar-refractivity contribution is 0.0601. The van der Waals surface area contributed by atoms with Gasteiger partial charge < -0.3 is 20.1 Å². The van der Waals surface area contributed by atoms with E-state index in [9.17, 15) is 4.79 Å². The van der Waals surface area contributed by atoms with Crippen LogP contribution in [0.4, 0.5) is 17.5 Å². The molecule has 0 spiro atoms. The minimum atomic E-state index is -0.386. The molecule has 0 aliphatic carbocycles. The first-order chi connectivity index (χ1) is 11.2.